The van der Waals surface area contributed by atoms with Gasteiger partial charge in [-0.3, -0.25) is 19.2 Å². The van der Waals surface area contributed by atoms with Gasteiger partial charge < -0.3 is 9.47 Å². The Bertz CT molecular complexity index is 2120. The van der Waals surface area contributed by atoms with Gasteiger partial charge in [-0.1, -0.05) is 47.0 Å². The van der Waals surface area contributed by atoms with Gasteiger partial charge in [-0.15, -0.1) is 0 Å². The highest BCUT2D eigenvalue weighted by atomic mass is 32.2. The molecule has 1 aromatic carbocycles. The second-order valence-corrected chi connectivity index (χ2v) is 13.2. The summed E-state index contributed by atoms with van der Waals surface area (Å²) in [6, 6.07) is 2.61. The molecule has 40 heavy (non-hydrogen) atoms. The largest absolute Gasteiger partial charge is 0.494 e. The molecular formula is C24H16N6O6S4. The summed E-state index contributed by atoms with van der Waals surface area (Å²) in [5.74, 6) is 1.14. The summed E-state index contributed by atoms with van der Waals surface area (Å²) >= 11 is 5.37. The van der Waals surface area contributed by atoms with Crippen molar-refractivity contribution in [1.82, 2.24) is 28.4 Å². The molecule has 0 N–H and O–H groups in total. The van der Waals surface area contributed by atoms with E-state index in [2.05, 4.69) is 9.97 Å². The summed E-state index contributed by atoms with van der Waals surface area (Å²) in [4.78, 5) is 63.0. The van der Waals surface area contributed by atoms with Gasteiger partial charge in [-0.2, -0.15) is 9.03 Å². The highest BCUT2D eigenvalue weighted by Gasteiger charge is 2.38. The lowest BCUT2D eigenvalue weighted by atomic mass is 10.3. The van der Waals surface area contributed by atoms with Gasteiger partial charge in [0.15, 0.2) is 11.3 Å². The maximum absolute atomic E-state index is 13.2. The molecule has 0 unspecified atom stereocenters. The molecule has 0 radical (unpaired) electrons. The van der Waals surface area contributed by atoms with Crippen molar-refractivity contribution in [2.24, 2.45) is 14.1 Å². The van der Waals surface area contributed by atoms with E-state index >= 15 is 0 Å². The maximum atomic E-state index is 13.2. The number of benzene rings is 1. The quantitative estimate of drug-likeness (QED) is 0.275. The van der Waals surface area contributed by atoms with Crippen molar-refractivity contribution in [3.8, 4) is 11.5 Å². The van der Waals surface area contributed by atoms with E-state index in [-0.39, 0.29) is 33.5 Å². The summed E-state index contributed by atoms with van der Waals surface area (Å²) in [7, 11) is 6.18. The number of thioether (sulfide) groups is 4. The molecule has 16 heteroatoms. The van der Waals surface area contributed by atoms with Crippen LogP contribution in [0.5, 0.6) is 11.5 Å². The van der Waals surface area contributed by atoms with Crippen LogP contribution in [-0.4, -0.2) is 42.6 Å². The minimum atomic E-state index is -0.352. The molecule has 0 atom stereocenters. The Labute approximate surface area is 239 Å². The van der Waals surface area contributed by atoms with Crippen LogP contribution in [0.3, 0.4) is 0 Å². The first kappa shape index (κ1) is 25.4. The van der Waals surface area contributed by atoms with Crippen LogP contribution in [0.2, 0.25) is 0 Å². The van der Waals surface area contributed by atoms with Crippen molar-refractivity contribution in [2.45, 2.75) is 19.6 Å². The Morgan fingerprint density at radius 3 is 1.30 bits per heavy atom. The first-order valence-corrected chi connectivity index (χ1v) is 14.8. The molecule has 0 saturated heterocycles. The molecule has 6 heterocycles. The highest BCUT2D eigenvalue weighted by Crippen LogP contribution is 2.68. The molecule has 12 nitrogen and oxygen atoms in total. The molecule has 0 fully saturated rings. The van der Waals surface area contributed by atoms with Gasteiger partial charge in [-0.05, 0) is 0 Å². The minimum absolute atomic E-state index is 0.273. The standard InChI is InChI=1S/C24H16N6O6S4/c1-27-21(33)11(19-25-7-5-9(31)29(19)27)23-37-15-13(35-3)17-18(14(36-4)16(15)38-23)40-24(39-17)12-20-26-8-6-10(32)30(20)28(2)22(12)34/h5-8H,1-4H3. The molecular weight excluding hydrogens is 597 g/mol. The lowest BCUT2D eigenvalue weighted by Gasteiger charge is -2.14. The van der Waals surface area contributed by atoms with Crippen LogP contribution in [0.1, 0.15) is 0 Å². The van der Waals surface area contributed by atoms with Crippen molar-refractivity contribution >= 4 is 66.8 Å². The van der Waals surface area contributed by atoms with Gasteiger partial charge in [0.2, 0.25) is 0 Å². The van der Waals surface area contributed by atoms with E-state index in [0.717, 1.165) is 19.6 Å². The molecule has 0 amide bonds. The normalized spacial score (nSPS) is 14.4. The monoisotopic (exact) mass is 612 g/mol. The predicted octanol–water partition coefficient (Wildman–Crippen LogP) is 0.482. The Kier molecular flexibility index (Phi) is 5.68. The number of hydrogen-bond donors (Lipinski definition) is 0. The van der Waals surface area contributed by atoms with Crippen molar-refractivity contribution in [1.29, 1.82) is 0 Å². The fraction of sp³-hybridized carbons (Fsp3) is 0.167. The predicted molar refractivity (Wildman–Crippen MR) is 154 cm³/mol. The average Bonchev–Trinajstić information content (AvgIpc) is 3.67. The van der Waals surface area contributed by atoms with Gasteiger partial charge >= 0.3 is 0 Å². The minimum Gasteiger partial charge on any atom is -0.494 e. The molecule has 5 aromatic rings. The lowest BCUT2D eigenvalue weighted by Crippen LogP contribution is -2.28. The Morgan fingerprint density at radius 1 is 0.625 bits per heavy atom. The third-order valence-electron chi connectivity index (χ3n) is 6.54. The van der Waals surface area contributed by atoms with Crippen LogP contribution in [0.4, 0.5) is 0 Å². The maximum Gasteiger partial charge on any atom is 0.278 e. The molecule has 0 spiro atoms. The summed E-state index contributed by atoms with van der Waals surface area (Å²) in [5, 5.41) is 0.651. The molecule has 7 rings (SSSR count). The van der Waals surface area contributed by atoms with Gasteiger partial charge in [0.25, 0.3) is 22.2 Å². The van der Waals surface area contributed by atoms with Crippen molar-refractivity contribution in [3.63, 3.8) is 0 Å². The van der Waals surface area contributed by atoms with Crippen LogP contribution < -0.4 is 42.1 Å². The summed E-state index contributed by atoms with van der Waals surface area (Å²) in [6.45, 7) is 0. The first-order valence-electron chi connectivity index (χ1n) is 11.5. The number of methoxy groups -OCH3 is 2. The van der Waals surface area contributed by atoms with E-state index in [4.69, 9.17) is 9.47 Å². The molecule has 202 valence electrons. The van der Waals surface area contributed by atoms with E-state index in [9.17, 15) is 19.2 Å². The first-order chi connectivity index (χ1) is 19.3. The zero-order valence-corrected chi connectivity index (χ0v) is 24.3. The van der Waals surface area contributed by atoms with E-state index in [1.807, 2.05) is 0 Å². The van der Waals surface area contributed by atoms with Gasteiger partial charge in [0.1, 0.15) is 21.9 Å². The number of aryl methyl sites for hydroxylation is 2. The summed E-state index contributed by atoms with van der Waals surface area (Å²) in [6.07, 6.45) is 2.78. The SMILES string of the molecule is COc1c2c(c(OC)c3c1SC(=c1c(=O)n(C)n4c(=O)ccnc14)S3)SC(=c1c(=O)n(C)n3c(=O)ccnc13)S2. The topological polar surface area (TPSA) is 131 Å². The molecule has 4 aromatic heterocycles. The number of aromatic nitrogens is 6. The zero-order chi connectivity index (χ0) is 28.0. The van der Waals surface area contributed by atoms with Crippen LogP contribution in [0, 0.1) is 0 Å². The Morgan fingerprint density at radius 2 is 0.975 bits per heavy atom. The number of fused-ring (bicyclic) bond motifs is 4. The van der Waals surface area contributed by atoms with Crippen molar-refractivity contribution < 1.29 is 9.47 Å². The van der Waals surface area contributed by atoms with E-state index in [1.54, 1.807) is 14.2 Å². The zero-order valence-electron chi connectivity index (χ0n) is 21.1. The van der Waals surface area contributed by atoms with E-state index < -0.39 is 0 Å². The smallest absolute Gasteiger partial charge is 0.278 e. The molecule has 0 aliphatic carbocycles. The number of hydrogen-bond acceptors (Lipinski definition) is 12. The van der Waals surface area contributed by atoms with Gasteiger partial charge in [-0.25, -0.2) is 19.3 Å². The highest BCUT2D eigenvalue weighted by molar-refractivity contribution is 8.33. The van der Waals surface area contributed by atoms with Crippen LogP contribution in [0.25, 0.3) is 19.8 Å². The molecule has 2 aliphatic heterocycles. The fourth-order valence-corrected chi connectivity index (χ4v) is 10.4. The third kappa shape index (κ3) is 3.27. The molecule has 0 bridgehead atoms. The Hall–Kier alpha value is -3.60. The second-order valence-electron chi connectivity index (χ2n) is 8.61. The van der Waals surface area contributed by atoms with Crippen LogP contribution >= 0.6 is 47.0 Å². The van der Waals surface area contributed by atoms with Gasteiger partial charge in [0, 0.05) is 38.6 Å². The third-order valence-corrected chi connectivity index (χ3v) is 11.7. The van der Waals surface area contributed by atoms with E-state index in [1.165, 1.54) is 104 Å². The second kappa shape index (κ2) is 8.95. The van der Waals surface area contributed by atoms with Crippen molar-refractivity contribution in [2.75, 3.05) is 14.2 Å². The van der Waals surface area contributed by atoms with Crippen LogP contribution in [-0.2, 0) is 14.1 Å². The Balaban J connectivity index is 1.48. The van der Waals surface area contributed by atoms with Crippen molar-refractivity contribution in [3.05, 3.63) is 76.4 Å². The molecule has 2 aliphatic rings. The van der Waals surface area contributed by atoms with Crippen LogP contribution in [0.15, 0.2) is 63.3 Å². The van der Waals surface area contributed by atoms with Gasteiger partial charge in [0.05, 0.1) is 42.3 Å². The number of ether oxygens (including phenoxy) is 2. The number of rotatable bonds is 2. The van der Waals surface area contributed by atoms with E-state index in [0.29, 0.717) is 30.4 Å². The fourth-order valence-electron chi connectivity index (χ4n) is 4.75. The lowest BCUT2D eigenvalue weighted by molar-refractivity contribution is 0.365. The summed E-state index contributed by atoms with van der Waals surface area (Å²) < 4.78 is 18.1. The average molecular weight is 613 g/mol. The summed E-state index contributed by atoms with van der Waals surface area (Å²) in [5.41, 5.74) is -0.844. The number of nitrogens with zero attached hydrogens (tertiary/aromatic N) is 6. The molecule has 0 saturated carbocycles.